The number of esters is 2. The molecule has 502 valence electrons. The highest BCUT2D eigenvalue weighted by Crippen LogP contribution is 2.48. The molecule has 13 aromatic rings. The third-order valence-electron chi connectivity index (χ3n) is 19.0. The zero-order valence-electron chi connectivity index (χ0n) is 54.9. The standard InChI is InChI=1S/C82H47B2Cl4N9O8/c1-90-74(69-44-92-65-38-61(86)63(88)40-67(65)94-69)78-73-72(75(97(78)84(51-19-11-5-12-20-51)52-21-13-6-14-22-52)45-23-29-54(30-24-45)105-82(103)48-28-34-56-58(36-48)80(101)95(2)79(56)100)77(59(42-89)68-43-91-64-37-60(85)62(87)39-66(64)93-68)96(83(49-15-7-3-8-16-49)50-17-9-4-10-18-50)76(73)46-25-31-53(32-26-46)104-81(102)47-27-33-55-57(35-47)71(99)41-70(55)98/h3-40,43-44,74,78H,41H2,2H3/b77-59-. The van der Waals surface area contributed by atoms with Gasteiger partial charge in [-0.2, -0.15) is 5.26 Å². The van der Waals surface area contributed by atoms with Crippen LogP contribution in [0.15, 0.2) is 243 Å². The van der Waals surface area contributed by atoms with Gasteiger partial charge in [0, 0.05) is 40.3 Å². The van der Waals surface area contributed by atoms with Crippen molar-refractivity contribution < 1.29 is 38.2 Å². The van der Waals surface area contributed by atoms with Crippen LogP contribution in [0.2, 0.25) is 20.1 Å². The van der Waals surface area contributed by atoms with E-state index in [1.165, 1.54) is 49.6 Å². The lowest BCUT2D eigenvalue weighted by molar-refractivity contribution is 0.0688. The minimum absolute atomic E-state index is 0.0200. The third-order valence-corrected chi connectivity index (χ3v) is 20.5. The number of nitriles is 1. The van der Waals surface area contributed by atoms with Crippen molar-refractivity contribution in [2.24, 2.45) is 0 Å². The number of carbonyl (C=O) groups excluding carboxylic acids is 6. The molecule has 0 bridgehead atoms. The molecule has 0 N–H and O–H groups in total. The summed E-state index contributed by atoms with van der Waals surface area (Å²) in [4.78, 5) is 108. The number of hydrogen-bond donors (Lipinski definition) is 0. The van der Waals surface area contributed by atoms with Crippen LogP contribution in [-0.4, -0.2) is 90.2 Å². The van der Waals surface area contributed by atoms with E-state index < -0.39 is 55.3 Å². The molecular weight excluding hydrogens is 1400 g/mol. The number of benzene rings is 10. The molecule has 2 amide bonds. The Balaban J connectivity index is 1.05. The maximum atomic E-state index is 14.3. The average molecular weight is 1450 g/mol. The molecule has 2 unspecified atom stereocenters. The Hall–Kier alpha value is -12.6. The van der Waals surface area contributed by atoms with Gasteiger partial charge in [0.25, 0.3) is 17.9 Å². The molecule has 0 fully saturated rings. The van der Waals surface area contributed by atoms with Gasteiger partial charge in [-0.3, -0.25) is 34.0 Å². The number of amides is 2. The molecule has 5 heterocycles. The minimum Gasteiger partial charge on any atom is -0.423 e. The number of imide groups is 1. The van der Waals surface area contributed by atoms with Crippen molar-refractivity contribution in [2.45, 2.75) is 18.5 Å². The SMILES string of the molecule is [C-]#[N+]C(c1cnc2cc(Cl)c(Cl)cc2n1)C1c2c(-c3ccc(OC(=O)c4ccc5c(c4)C(=O)CC5=O)cc3)n(B(c3ccccc3)c3ccccc3)/c(=C(/C#N)c3cnc4cc(Cl)c(Cl)cc4n3)c2=C(c2ccc(OC(=O)c3ccc4c(c3)C(=O)N(C)C4=O)cc2)N1B(c1ccccc1)c1ccccc1. The van der Waals surface area contributed by atoms with Gasteiger partial charge in [0.2, 0.25) is 0 Å². The molecule has 0 spiro atoms. The van der Waals surface area contributed by atoms with Crippen molar-refractivity contribution in [3.63, 3.8) is 0 Å². The molecular formula is C82H47B2Cl4N9O8. The molecule has 3 aliphatic rings. The number of aromatic nitrogens is 5. The number of ketones is 2. The summed E-state index contributed by atoms with van der Waals surface area (Å²) >= 11 is 26.8. The third kappa shape index (κ3) is 11.9. The largest absolute Gasteiger partial charge is 0.423 e. The van der Waals surface area contributed by atoms with Crippen molar-refractivity contribution in [1.82, 2.24) is 34.1 Å². The number of rotatable bonds is 15. The smallest absolute Gasteiger partial charge is 0.343 e. The molecule has 17 nitrogen and oxygen atoms in total. The van der Waals surface area contributed by atoms with Gasteiger partial charge in [0.15, 0.2) is 11.6 Å². The quantitative estimate of drug-likeness (QED) is 0.0233. The molecule has 16 rings (SSSR count). The Labute approximate surface area is 619 Å². The van der Waals surface area contributed by atoms with Crippen LogP contribution in [0.25, 0.3) is 49.4 Å². The van der Waals surface area contributed by atoms with Gasteiger partial charge in [0.05, 0.1) is 88.6 Å². The van der Waals surface area contributed by atoms with E-state index in [1.807, 2.05) is 121 Å². The summed E-state index contributed by atoms with van der Waals surface area (Å²) in [6, 6.07) is 67.8. The molecule has 23 heteroatoms. The fourth-order valence-corrected chi connectivity index (χ4v) is 14.9. The van der Waals surface area contributed by atoms with Gasteiger partial charge < -0.3 is 23.6 Å². The molecule has 1 aliphatic carbocycles. The maximum absolute atomic E-state index is 14.3. The monoisotopic (exact) mass is 1450 g/mol. The number of nitrogens with zero attached hydrogens (tertiary/aromatic N) is 9. The van der Waals surface area contributed by atoms with Crippen LogP contribution in [0.5, 0.6) is 11.5 Å². The van der Waals surface area contributed by atoms with Crippen molar-refractivity contribution in [3.05, 3.63) is 341 Å². The van der Waals surface area contributed by atoms with Crippen LogP contribution < -0.4 is 41.9 Å². The number of Topliss-reactive ketones (excluding diaryl/α,β-unsaturated/α-hetero) is 2. The van der Waals surface area contributed by atoms with E-state index in [0.717, 1.165) is 26.8 Å². The Morgan fingerprint density at radius 2 is 1.00 bits per heavy atom. The molecule has 10 aromatic carbocycles. The molecule has 105 heavy (non-hydrogen) atoms. The van der Waals surface area contributed by atoms with Crippen LogP contribution in [0, 0.1) is 17.9 Å². The predicted octanol–water partition coefficient (Wildman–Crippen LogP) is 12.4. The first-order valence-electron chi connectivity index (χ1n) is 32.9. The summed E-state index contributed by atoms with van der Waals surface area (Å²) in [5.74, 6) is -3.19. The number of fused-ring (bicyclic) bond motifs is 5. The highest BCUT2D eigenvalue weighted by atomic mass is 35.5. The molecule has 3 aromatic heterocycles. The van der Waals surface area contributed by atoms with Crippen LogP contribution in [0.1, 0.15) is 103 Å². The van der Waals surface area contributed by atoms with Gasteiger partial charge in [-0.15, -0.1) is 0 Å². The Bertz CT molecular complexity index is 6030. The first kappa shape index (κ1) is 66.9. The summed E-state index contributed by atoms with van der Waals surface area (Å²) in [5.41, 5.74) is 8.04. The van der Waals surface area contributed by atoms with Gasteiger partial charge >= 0.3 is 25.6 Å². The Morgan fingerprint density at radius 1 is 0.543 bits per heavy atom. The number of carbonyl (C=O) groups is 6. The second-order valence-corrected chi connectivity index (χ2v) is 26.8. The van der Waals surface area contributed by atoms with Crippen LogP contribution >= 0.6 is 46.4 Å². The lowest BCUT2D eigenvalue weighted by atomic mass is 9.48. The molecule has 0 radical (unpaired) electrons. The first-order chi connectivity index (χ1) is 51.0. The molecule has 2 atom stereocenters. The maximum Gasteiger partial charge on any atom is 0.343 e. The minimum atomic E-state index is -1.32. The fraction of sp³-hybridized carbons (Fsp3) is 0.0488. The van der Waals surface area contributed by atoms with Crippen molar-refractivity contribution >= 4 is 151 Å². The van der Waals surface area contributed by atoms with Gasteiger partial charge in [-0.1, -0.05) is 190 Å². The number of halogens is 4. The van der Waals surface area contributed by atoms with E-state index in [2.05, 4.69) is 20.2 Å². The highest BCUT2D eigenvalue weighted by Gasteiger charge is 2.51. The highest BCUT2D eigenvalue weighted by molar-refractivity contribution is 6.85. The van der Waals surface area contributed by atoms with E-state index in [-0.39, 0.29) is 94.1 Å². The second-order valence-electron chi connectivity index (χ2n) is 25.2. The zero-order valence-corrected chi connectivity index (χ0v) is 57.9. The van der Waals surface area contributed by atoms with E-state index in [4.69, 9.17) is 75.8 Å². The second kappa shape index (κ2) is 27.3. The molecule has 0 saturated carbocycles. The first-order valence-corrected chi connectivity index (χ1v) is 34.4. The average Bonchev–Trinajstić information content (AvgIpc) is 1.52. The van der Waals surface area contributed by atoms with E-state index in [1.54, 1.807) is 79.0 Å². The van der Waals surface area contributed by atoms with E-state index >= 15 is 0 Å². The Kier molecular flexibility index (Phi) is 17.4. The van der Waals surface area contributed by atoms with E-state index in [0.29, 0.717) is 60.7 Å². The van der Waals surface area contributed by atoms with Crippen molar-refractivity contribution in [1.29, 1.82) is 5.26 Å². The number of hydrogen-bond acceptors (Lipinski definition) is 14. The van der Waals surface area contributed by atoms with Gasteiger partial charge in [-0.25, -0.2) is 26.1 Å². The topological polar surface area (TPSA) is 212 Å². The molecule has 2 aliphatic heterocycles. The summed E-state index contributed by atoms with van der Waals surface area (Å²) < 4.78 is 14.4. The van der Waals surface area contributed by atoms with E-state index in [9.17, 15) is 40.6 Å². The van der Waals surface area contributed by atoms with Crippen LogP contribution in [-0.2, 0) is 0 Å². The summed E-state index contributed by atoms with van der Waals surface area (Å²) in [7, 11) is 1.37. The lowest BCUT2D eigenvalue weighted by Gasteiger charge is -2.38. The fourth-order valence-electron chi connectivity index (χ4n) is 14.3. The molecule has 0 saturated heterocycles. The van der Waals surface area contributed by atoms with Crippen LogP contribution in [0.3, 0.4) is 0 Å². The zero-order chi connectivity index (χ0) is 72.5. The lowest BCUT2D eigenvalue weighted by Crippen LogP contribution is -2.57. The van der Waals surface area contributed by atoms with Gasteiger partial charge in [0.1, 0.15) is 40.6 Å². The Morgan fingerprint density at radius 3 is 1.52 bits per heavy atom. The van der Waals surface area contributed by atoms with Gasteiger partial charge in [-0.05, 0) is 120 Å². The number of ether oxygens (including phenoxy) is 2. The summed E-state index contributed by atoms with van der Waals surface area (Å²) in [5, 5.41) is 14.2. The summed E-state index contributed by atoms with van der Waals surface area (Å²) in [6.07, 6.45) is 2.77. The normalized spacial score (nSPS) is 14.2. The summed E-state index contributed by atoms with van der Waals surface area (Å²) in [6.45, 7) is 8.16. The van der Waals surface area contributed by atoms with Crippen molar-refractivity contribution in [2.75, 3.05) is 7.05 Å². The predicted molar refractivity (Wildman–Crippen MR) is 403 cm³/mol. The van der Waals surface area contributed by atoms with Crippen molar-refractivity contribution in [3.8, 4) is 28.8 Å². The van der Waals surface area contributed by atoms with Crippen LogP contribution in [0.4, 0.5) is 0 Å².